The number of H-pyrrole nitrogens is 1. The second-order valence-electron chi connectivity index (χ2n) is 11.7. The summed E-state index contributed by atoms with van der Waals surface area (Å²) in [6.07, 6.45) is 17.1. The summed E-state index contributed by atoms with van der Waals surface area (Å²) in [4.78, 5) is 41.7. The topological polar surface area (TPSA) is 82.2 Å². The largest absolute Gasteiger partial charge is 0.341 e. The lowest BCUT2D eigenvalue weighted by atomic mass is 9.96. The van der Waals surface area contributed by atoms with E-state index in [0.29, 0.717) is 18.0 Å². The summed E-state index contributed by atoms with van der Waals surface area (Å²) >= 11 is 6.32. The van der Waals surface area contributed by atoms with Crippen molar-refractivity contribution in [3.05, 3.63) is 82.9 Å². The quantitative estimate of drug-likeness (QED) is 0.163. The third-order valence-electron chi connectivity index (χ3n) is 8.49. The molecule has 1 fully saturated rings. The molecule has 1 aromatic carbocycles. The lowest BCUT2D eigenvalue weighted by molar-refractivity contribution is -0.137. The van der Waals surface area contributed by atoms with Crippen LogP contribution in [-0.2, 0) is 9.59 Å². The van der Waals surface area contributed by atoms with Gasteiger partial charge < -0.3 is 9.88 Å². The van der Waals surface area contributed by atoms with E-state index in [0.717, 1.165) is 110 Å². The zero-order chi connectivity index (χ0) is 30.2. The summed E-state index contributed by atoms with van der Waals surface area (Å²) in [6, 6.07) is 10.1. The van der Waals surface area contributed by atoms with Crippen molar-refractivity contribution in [2.24, 2.45) is 0 Å². The molecule has 7 nitrogen and oxygen atoms in total. The van der Waals surface area contributed by atoms with Gasteiger partial charge in [0.2, 0.25) is 0 Å². The van der Waals surface area contributed by atoms with Gasteiger partial charge in [-0.05, 0) is 88.5 Å². The normalized spacial score (nSPS) is 16.5. The molecule has 0 atom stereocenters. The average molecular weight is 600 g/mol. The maximum Gasteiger partial charge on any atom is 0.260 e. The van der Waals surface area contributed by atoms with Crippen LogP contribution in [0.5, 0.6) is 0 Å². The van der Waals surface area contributed by atoms with E-state index in [-0.39, 0.29) is 11.8 Å². The number of hydrogen-bond donors (Lipinski definition) is 1. The second-order valence-corrected chi connectivity index (χ2v) is 12.1. The first-order valence-electron chi connectivity index (χ1n) is 15.7. The van der Waals surface area contributed by atoms with Gasteiger partial charge in [-0.25, -0.2) is 4.98 Å². The fraction of sp³-hybridized carbons (Fsp3) is 0.429. The summed E-state index contributed by atoms with van der Waals surface area (Å²) in [5.74, 6) is 1.12. The molecule has 0 spiro atoms. The molecule has 1 N–H and O–H groups in total. The Morgan fingerprint density at radius 2 is 1.74 bits per heavy atom. The lowest BCUT2D eigenvalue weighted by Crippen LogP contribution is -2.34. The number of allylic oxidation sites excluding steroid dienone is 1. The van der Waals surface area contributed by atoms with E-state index < -0.39 is 0 Å². The van der Waals surface area contributed by atoms with Crippen LogP contribution < -0.4 is 0 Å². The van der Waals surface area contributed by atoms with Gasteiger partial charge in [0.25, 0.3) is 11.8 Å². The number of likely N-dealkylation sites (tertiary alicyclic amines) is 1. The number of amides is 2. The van der Waals surface area contributed by atoms with Crippen molar-refractivity contribution in [1.29, 1.82) is 0 Å². The predicted octanol–water partition coefficient (Wildman–Crippen LogP) is 7.49. The molecule has 2 aromatic heterocycles. The van der Waals surface area contributed by atoms with Crippen LogP contribution in [0.25, 0.3) is 22.5 Å². The molecule has 3 aromatic rings. The van der Waals surface area contributed by atoms with Crippen LogP contribution in [0.2, 0.25) is 5.02 Å². The van der Waals surface area contributed by atoms with Crippen LogP contribution in [0, 0.1) is 6.92 Å². The van der Waals surface area contributed by atoms with E-state index in [1.807, 2.05) is 49.7 Å². The number of pyridine rings is 1. The summed E-state index contributed by atoms with van der Waals surface area (Å²) in [7, 11) is 0. The minimum atomic E-state index is -0.177. The lowest BCUT2D eigenvalue weighted by Gasteiger charge is -2.31. The number of rotatable bonds is 13. The number of aromatic nitrogens is 3. The van der Waals surface area contributed by atoms with Crippen molar-refractivity contribution in [2.45, 2.75) is 71.1 Å². The molecule has 5 rings (SSSR count). The molecule has 226 valence electrons. The van der Waals surface area contributed by atoms with Gasteiger partial charge >= 0.3 is 0 Å². The molecular weight excluding hydrogens is 558 g/mol. The van der Waals surface area contributed by atoms with Gasteiger partial charge in [-0.2, -0.15) is 0 Å². The van der Waals surface area contributed by atoms with E-state index in [1.54, 1.807) is 6.08 Å². The highest BCUT2D eigenvalue weighted by atomic mass is 35.5. The Morgan fingerprint density at radius 3 is 2.47 bits per heavy atom. The van der Waals surface area contributed by atoms with Gasteiger partial charge in [-0.3, -0.25) is 19.5 Å². The van der Waals surface area contributed by atoms with Crippen LogP contribution in [0.15, 0.2) is 66.5 Å². The number of halogens is 1. The van der Waals surface area contributed by atoms with Crippen LogP contribution in [0.3, 0.4) is 0 Å². The number of piperidine rings is 1. The first-order valence-corrected chi connectivity index (χ1v) is 16.1. The standard InChI is InChI=1S/C35H42ClN5O2/c1-3-4-7-10-29-24-31(42)41(35(29)43)20-9-6-5-8-19-40-21-15-27(16-22-40)34-38-32(26-13-17-37-18-14-26)33(39-34)28-11-12-30(36)25(2)23-28/h7,10-14,17-18,23-24,27H,3-6,8-9,15-16,19-22H2,1-2H3,(H,38,39)/b10-7-. The highest BCUT2D eigenvalue weighted by Crippen LogP contribution is 2.35. The molecule has 2 aliphatic heterocycles. The molecule has 4 heterocycles. The Balaban J connectivity index is 1.08. The Morgan fingerprint density at radius 1 is 1.00 bits per heavy atom. The van der Waals surface area contributed by atoms with Gasteiger partial charge in [0.1, 0.15) is 5.82 Å². The maximum absolute atomic E-state index is 12.5. The van der Waals surface area contributed by atoms with E-state index in [1.165, 1.54) is 11.0 Å². The molecule has 43 heavy (non-hydrogen) atoms. The number of aromatic amines is 1. The Labute approximate surface area is 260 Å². The van der Waals surface area contributed by atoms with Crippen molar-refractivity contribution >= 4 is 23.4 Å². The number of aryl methyl sites for hydroxylation is 1. The smallest absolute Gasteiger partial charge is 0.260 e. The summed E-state index contributed by atoms with van der Waals surface area (Å²) < 4.78 is 0. The third kappa shape index (κ3) is 7.70. The number of unbranched alkanes of at least 4 members (excludes halogenated alkanes) is 4. The summed E-state index contributed by atoms with van der Waals surface area (Å²) in [5, 5.41) is 0.760. The van der Waals surface area contributed by atoms with Crippen molar-refractivity contribution in [3.63, 3.8) is 0 Å². The number of carbonyl (C=O) groups excluding carboxylic acids is 2. The third-order valence-corrected chi connectivity index (χ3v) is 8.92. The van der Waals surface area contributed by atoms with Crippen LogP contribution >= 0.6 is 11.6 Å². The number of hydrogen-bond acceptors (Lipinski definition) is 5. The Bertz CT molecular complexity index is 1470. The molecule has 0 unspecified atom stereocenters. The fourth-order valence-electron chi connectivity index (χ4n) is 5.94. The van der Waals surface area contributed by atoms with Crippen LogP contribution in [0.4, 0.5) is 0 Å². The molecule has 2 aliphatic rings. The zero-order valence-electron chi connectivity index (χ0n) is 25.3. The summed E-state index contributed by atoms with van der Waals surface area (Å²) in [6.45, 7) is 7.82. The molecular formula is C35H42ClN5O2. The van der Waals surface area contributed by atoms with E-state index >= 15 is 0 Å². The molecule has 1 saturated heterocycles. The number of imidazole rings is 1. The fourth-order valence-corrected chi connectivity index (χ4v) is 6.06. The Hall–Kier alpha value is -3.55. The van der Waals surface area contributed by atoms with Crippen molar-refractivity contribution < 1.29 is 9.59 Å². The number of nitrogens with zero attached hydrogens (tertiary/aromatic N) is 4. The molecule has 0 radical (unpaired) electrons. The molecule has 0 aliphatic carbocycles. The first-order chi connectivity index (χ1) is 20.9. The second kappa shape index (κ2) is 14.8. The molecule has 8 heteroatoms. The van der Waals surface area contributed by atoms with Crippen molar-refractivity contribution in [3.8, 4) is 22.5 Å². The van der Waals surface area contributed by atoms with E-state index in [4.69, 9.17) is 16.6 Å². The minimum absolute atomic E-state index is 0.153. The SMILES string of the molecule is CCC/C=C\C1=CC(=O)N(CCCCCCN2CCC(c3nc(-c4ccc(Cl)c(C)c4)c(-c4ccncc4)[nH]3)CC2)C1=O. The van der Waals surface area contributed by atoms with Crippen LogP contribution in [0.1, 0.15) is 75.6 Å². The van der Waals surface area contributed by atoms with Gasteiger partial charge in [0, 0.05) is 52.7 Å². The number of nitrogens with one attached hydrogen (secondary N) is 1. The Kier molecular flexibility index (Phi) is 10.6. The predicted molar refractivity (Wildman–Crippen MR) is 173 cm³/mol. The average Bonchev–Trinajstić information content (AvgIpc) is 3.58. The van der Waals surface area contributed by atoms with Gasteiger partial charge in [-0.15, -0.1) is 0 Å². The maximum atomic E-state index is 12.5. The highest BCUT2D eigenvalue weighted by molar-refractivity contribution is 6.31. The van der Waals surface area contributed by atoms with Gasteiger partial charge in [0.05, 0.1) is 11.4 Å². The van der Waals surface area contributed by atoms with Crippen LogP contribution in [-0.4, -0.2) is 62.7 Å². The monoisotopic (exact) mass is 599 g/mol. The molecule has 0 saturated carbocycles. The minimum Gasteiger partial charge on any atom is -0.341 e. The molecule has 0 bridgehead atoms. The van der Waals surface area contributed by atoms with Gasteiger partial charge in [-0.1, -0.05) is 56.0 Å². The summed E-state index contributed by atoms with van der Waals surface area (Å²) in [5.41, 5.74) is 5.68. The number of benzene rings is 1. The number of imide groups is 1. The van der Waals surface area contributed by atoms with E-state index in [9.17, 15) is 9.59 Å². The highest BCUT2D eigenvalue weighted by Gasteiger charge is 2.29. The first kappa shape index (κ1) is 30.9. The number of carbonyl (C=O) groups is 2. The van der Waals surface area contributed by atoms with Crippen molar-refractivity contribution in [2.75, 3.05) is 26.2 Å². The van der Waals surface area contributed by atoms with E-state index in [2.05, 4.69) is 27.9 Å². The molecule has 2 amide bonds. The van der Waals surface area contributed by atoms with Gasteiger partial charge in [0.15, 0.2) is 0 Å². The van der Waals surface area contributed by atoms with Crippen molar-refractivity contribution in [1.82, 2.24) is 24.8 Å². The zero-order valence-corrected chi connectivity index (χ0v) is 26.1.